The van der Waals surface area contributed by atoms with E-state index < -0.39 is 47.8 Å². The van der Waals surface area contributed by atoms with Gasteiger partial charge in [0.2, 0.25) is 0 Å². The van der Waals surface area contributed by atoms with Crippen LogP contribution in [0.15, 0.2) is 0 Å². The topological polar surface area (TPSA) is 74.6 Å². The molecule has 164 valence electrons. The molecule has 2 N–H and O–H groups in total. The fraction of sp³-hybridized carbons (Fsp3) is 0.846. The molecule has 0 aromatic carbocycles. The van der Waals surface area contributed by atoms with Gasteiger partial charge in [-0.05, 0) is 4.79 Å². The van der Waals surface area contributed by atoms with Crippen LogP contribution in [0.1, 0.15) is 0 Å². The maximum atomic E-state index is 10.6. The molecule has 0 aliphatic rings. The maximum Gasteiger partial charge on any atom is 0.490 e. The van der Waals surface area contributed by atoms with Gasteiger partial charge in [0.05, 0.1) is 0 Å². The van der Waals surface area contributed by atoms with Gasteiger partial charge in [0.15, 0.2) is 0 Å². The zero-order valence-corrected chi connectivity index (χ0v) is 20.2. The summed E-state index contributed by atoms with van der Waals surface area (Å²) in [4.78, 5) is 18.7. The molecule has 0 amide bonds. The second kappa shape index (κ2) is 10.3. The lowest BCUT2D eigenvalue weighted by molar-refractivity contribution is -0.193. The normalized spacial score (nSPS) is 13.2. The van der Waals surface area contributed by atoms with Gasteiger partial charge in [-0.1, -0.05) is 52.4 Å². The van der Waals surface area contributed by atoms with Crippen LogP contribution in [0.25, 0.3) is 0 Å². The van der Waals surface area contributed by atoms with Crippen molar-refractivity contribution >= 4 is 46.5 Å². The molecule has 0 spiro atoms. The van der Waals surface area contributed by atoms with Crippen molar-refractivity contribution in [2.45, 2.75) is 69.5 Å². The van der Waals surface area contributed by atoms with E-state index in [9.17, 15) is 26.3 Å². The lowest BCUT2D eigenvalue weighted by atomic mass is 10.7. The zero-order chi connectivity index (χ0) is 23.2. The highest BCUT2D eigenvalue weighted by molar-refractivity contribution is 7.30. The Morgan fingerprint density at radius 1 is 0.704 bits per heavy atom. The number of carbonyl (C=O) groups is 2. The van der Waals surface area contributed by atoms with E-state index in [-0.39, 0.29) is 0 Å². The predicted octanol–water partition coefficient (Wildman–Crippen LogP) is 5.82. The molecule has 0 aliphatic heterocycles. The van der Waals surface area contributed by atoms with Crippen LogP contribution in [0.4, 0.5) is 26.3 Å². The van der Waals surface area contributed by atoms with Crippen LogP contribution < -0.4 is 0 Å². The van der Waals surface area contributed by atoms with Crippen molar-refractivity contribution < 1.29 is 46.1 Å². The van der Waals surface area contributed by atoms with Gasteiger partial charge < -0.3 is 10.2 Å². The van der Waals surface area contributed by atoms with Crippen LogP contribution in [0.3, 0.4) is 0 Å². The van der Waals surface area contributed by atoms with Crippen LogP contribution in [-0.4, -0.2) is 58.0 Å². The summed E-state index contributed by atoms with van der Waals surface area (Å²) in [7, 11) is -3.59. The van der Waals surface area contributed by atoms with Crippen molar-refractivity contribution in [2.75, 3.05) is 0 Å². The first-order valence-electron chi connectivity index (χ1n) is 7.54. The van der Waals surface area contributed by atoms with Gasteiger partial charge >= 0.3 is 24.3 Å². The van der Waals surface area contributed by atoms with Crippen LogP contribution in [0, 0.1) is 0 Å². The molecular formula is C13H27ClF6O4Si3. The molecule has 27 heavy (non-hydrogen) atoms. The van der Waals surface area contributed by atoms with Crippen LogP contribution in [0.2, 0.25) is 57.2 Å². The Morgan fingerprint density at radius 3 is 0.852 bits per heavy atom. The molecule has 14 heteroatoms. The van der Waals surface area contributed by atoms with Crippen LogP contribution in [0.5, 0.6) is 0 Å². The monoisotopic (exact) mass is 480 g/mol. The largest absolute Gasteiger partial charge is 0.490 e. The summed E-state index contributed by atoms with van der Waals surface area (Å²) in [6, 6.07) is 0. The molecule has 0 fully saturated rings. The SMILES string of the molecule is C[Si](C)(C)C([Si](C)(C)C)[Si](C)(C)Cl.O=C(O)C(F)(F)F.O=C(O)C(F)(F)F. The van der Waals surface area contributed by atoms with Crippen LogP contribution in [-0.2, 0) is 9.59 Å². The maximum absolute atomic E-state index is 10.6. The summed E-state index contributed by atoms with van der Waals surface area (Å²) in [5, 5.41) is 14.2. The van der Waals surface area contributed by atoms with E-state index in [0.717, 1.165) is 4.79 Å². The average molecular weight is 481 g/mol. The second-order valence-electron chi connectivity index (χ2n) is 8.34. The third-order valence-electron chi connectivity index (χ3n) is 2.90. The molecule has 0 aromatic rings. The number of carboxylic acid groups (broad SMARTS) is 2. The molecule has 0 saturated heterocycles. The molecule has 0 saturated carbocycles. The quantitative estimate of drug-likeness (QED) is 0.303. The summed E-state index contributed by atoms with van der Waals surface area (Å²) in [5.74, 6) is -5.51. The number of aliphatic carboxylic acids is 2. The minimum absolute atomic E-state index is 0.911. The molecule has 0 radical (unpaired) electrons. The molecule has 0 rings (SSSR count). The van der Waals surface area contributed by atoms with E-state index >= 15 is 0 Å². The first-order chi connectivity index (χ1) is 11.3. The summed E-state index contributed by atoms with van der Waals surface area (Å²) in [6.07, 6.45) is -10.2. The van der Waals surface area contributed by atoms with Gasteiger partial charge in [0.1, 0.15) is 7.38 Å². The van der Waals surface area contributed by atoms with Gasteiger partial charge in [-0.2, -0.15) is 37.4 Å². The Kier molecular flexibility index (Phi) is 11.9. The van der Waals surface area contributed by atoms with E-state index in [1.54, 1.807) is 0 Å². The highest BCUT2D eigenvalue weighted by Crippen LogP contribution is 2.41. The van der Waals surface area contributed by atoms with E-state index in [2.05, 4.69) is 52.4 Å². The lowest BCUT2D eigenvalue weighted by Crippen LogP contribution is -2.54. The fourth-order valence-corrected chi connectivity index (χ4v) is 36.1. The van der Waals surface area contributed by atoms with Crippen molar-refractivity contribution in [1.82, 2.24) is 0 Å². The second-order valence-corrected chi connectivity index (χ2v) is 27.3. The Balaban J connectivity index is -0.000000350. The molecule has 0 aliphatic carbocycles. The highest BCUT2D eigenvalue weighted by atomic mass is 35.6. The standard InChI is InChI=1S/C9H25ClSi3.2C2HF3O2/c1-11(2,3)9(12(4,5)6)13(7,8)10;2*3-2(4,5)1(6)7/h9H,1-8H3;2*(H,6,7). The Hall–Kier alpha value is -0.539. The van der Waals surface area contributed by atoms with Crippen LogP contribution >= 0.6 is 11.1 Å². The smallest absolute Gasteiger partial charge is 0.475 e. The summed E-state index contributed by atoms with van der Waals surface area (Å²) in [6.45, 7) is 19.5. The number of carboxylic acids is 2. The van der Waals surface area contributed by atoms with Crippen molar-refractivity contribution in [1.29, 1.82) is 0 Å². The number of hydrogen-bond acceptors (Lipinski definition) is 2. The molecule has 0 aromatic heterocycles. The molecule has 4 nitrogen and oxygen atoms in total. The first kappa shape index (κ1) is 31.2. The van der Waals surface area contributed by atoms with E-state index in [0.29, 0.717) is 0 Å². The Bertz CT molecular complexity index is 433. The highest BCUT2D eigenvalue weighted by Gasteiger charge is 2.47. The third-order valence-corrected chi connectivity index (χ3v) is 24.2. The Labute approximate surface area is 162 Å². The molecule has 0 heterocycles. The van der Waals surface area contributed by atoms with Gasteiger partial charge in [-0.25, -0.2) is 9.59 Å². The molecule has 0 bridgehead atoms. The number of hydrogen-bond donors (Lipinski definition) is 2. The first-order valence-corrected chi connectivity index (χ1v) is 18.8. The molecular weight excluding hydrogens is 454 g/mol. The van der Waals surface area contributed by atoms with Crippen molar-refractivity contribution in [3.05, 3.63) is 0 Å². The summed E-state index contributed by atoms with van der Waals surface area (Å²) in [5.41, 5.74) is 0. The number of rotatable bonds is 3. The van der Waals surface area contributed by atoms with E-state index in [1.165, 1.54) is 0 Å². The average Bonchev–Trinajstić information content (AvgIpc) is 2.19. The van der Waals surface area contributed by atoms with E-state index in [1.807, 2.05) is 0 Å². The van der Waals surface area contributed by atoms with Crippen molar-refractivity contribution in [2.24, 2.45) is 0 Å². The fourth-order valence-electron chi connectivity index (χ4n) is 3.36. The summed E-state index contributed by atoms with van der Waals surface area (Å²) >= 11 is 6.68. The third kappa shape index (κ3) is 16.1. The number of alkyl halides is 6. The zero-order valence-electron chi connectivity index (χ0n) is 16.4. The van der Waals surface area contributed by atoms with Gasteiger partial charge in [0.25, 0.3) is 0 Å². The van der Waals surface area contributed by atoms with Gasteiger partial charge in [-0.15, -0.1) is 0 Å². The number of halogens is 7. The van der Waals surface area contributed by atoms with Gasteiger partial charge in [-0.3, -0.25) is 0 Å². The van der Waals surface area contributed by atoms with Crippen molar-refractivity contribution in [3.63, 3.8) is 0 Å². The van der Waals surface area contributed by atoms with Gasteiger partial charge in [0, 0.05) is 16.1 Å². The minimum Gasteiger partial charge on any atom is -0.475 e. The summed E-state index contributed by atoms with van der Waals surface area (Å²) < 4.78 is 63.5. The van der Waals surface area contributed by atoms with Crippen molar-refractivity contribution in [3.8, 4) is 0 Å². The lowest BCUT2D eigenvalue weighted by Gasteiger charge is -2.44. The molecule has 0 atom stereocenters. The van der Waals surface area contributed by atoms with E-state index in [4.69, 9.17) is 30.9 Å². The molecule has 0 unspecified atom stereocenters. The Morgan fingerprint density at radius 2 is 0.852 bits per heavy atom. The predicted molar refractivity (Wildman–Crippen MR) is 101 cm³/mol. The minimum atomic E-state index is -5.08.